The van der Waals surface area contributed by atoms with Gasteiger partial charge in [-0.15, -0.1) is 11.8 Å². The summed E-state index contributed by atoms with van der Waals surface area (Å²) in [5.74, 6) is 6.48. The first kappa shape index (κ1) is 13.7. The SMILES string of the molecule is NNC(CSc1cccc(Cl)c1)C1=COCCC1. The highest BCUT2D eigenvalue weighted by Gasteiger charge is 2.16. The van der Waals surface area contributed by atoms with E-state index in [1.54, 1.807) is 11.8 Å². The van der Waals surface area contributed by atoms with E-state index in [0.29, 0.717) is 0 Å². The third-order valence-electron chi connectivity index (χ3n) is 2.82. The minimum absolute atomic E-state index is 0.147. The van der Waals surface area contributed by atoms with Crippen LogP contribution in [0.3, 0.4) is 0 Å². The minimum atomic E-state index is 0.147. The van der Waals surface area contributed by atoms with Gasteiger partial charge in [-0.1, -0.05) is 17.7 Å². The number of hydrogen-bond donors (Lipinski definition) is 2. The summed E-state index contributed by atoms with van der Waals surface area (Å²) in [6.07, 6.45) is 3.95. The second-order valence-corrected chi connectivity index (χ2v) is 5.68. The van der Waals surface area contributed by atoms with Crippen molar-refractivity contribution in [2.75, 3.05) is 12.4 Å². The molecule has 98 valence electrons. The van der Waals surface area contributed by atoms with Crippen LogP contribution in [0.2, 0.25) is 5.02 Å². The van der Waals surface area contributed by atoms with Crippen LogP contribution in [0.5, 0.6) is 0 Å². The van der Waals surface area contributed by atoms with Crippen molar-refractivity contribution in [2.24, 2.45) is 5.84 Å². The van der Waals surface area contributed by atoms with E-state index in [1.165, 1.54) is 5.57 Å². The topological polar surface area (TPSA) is 47.3 Å². The van der Waals surface area contributed by atoms with Gasteiger partial charge in [0.25, 0.3) is 0 Å². The molecule has 2 rings (SSSR count). The van der Waals surface area contributed by atoms with Gasteiger partial charge < -0.3 is 4.74 Å². The molecular formula is C13H17ClN2OS. The summed E-state index contributed by atoms with van der Waals surface area (Å²) in [7, 11) is 0. The van der Waals surface area contributed by atoms with Gasteiger partial charge in [0.15, 0.2) is 0 Å². The van der Waals surface area contributed by atoms with Gasteiger partial charge in [-0.05, 0) is 36.6 Å². The number of thioether (sulfide) groups is 1. The highest BCUT2D eigenvalue weighted by atomic mass is 35.5. The first-order valence-corrected chi connectivity index (χ1v) is 7.31. The molecule has 0 aromatic heterocycles. The Morgan fingerprint density at radius 1 is 1.50 bits per heavy atom. The van der Waals surface area contributed by atoms with E-state index >= 15 is 0 Å². The molecule has 0 spiro atoms. The normalized spacial score (nSPS) is 16.9. The van der Waals surface area contributed by atoms with Crippen LogP contribution in [-0.2, 0) is 4.74 Å². The molecule has 0 saturated heterocycles. The van der Waals surface area contributed by atoms with Crippen molar-refractivity contribution in [3.05, 3.63) is 41.1 Å². The van der Waals surface area contributed by atoms with Crippen molar-refractivity contribution in [2.45, 2.75) is 23.8 Å². The molecule has 1 aliphatic rings. The van der Waals surface area contributed by atoms with Gasteiger partial charge in [-0.3, -0.25) is 11.3 Å². The number of nitrogens with one attached hydrogen (secondary N) is 1. The van der Waals surface area contributed by atoms with E-state index in [4.69, 9.17) is 22.2 Å². The summed E-state index contributed by atoms with van der Waals surface area (Å²) >= 11 is 7.70. The molecule has 1 atom stereocenters. The summed E-state index contributed by atoms with van der Waals surface area (Å²) in [6, 6.07) is 8.00. The second-order valence-electron chi connectivity index (χ2n) is 4.15. The number of benzene rings is 1. The fourth-order valence-electron chi connectivity index (χ4n) is 1.84. The Balaban J connectivity index is 1.92. The van der Waals surface area contributed by atoms with E-state index in [0.717, 1.165) is 35.1 Å². The fraction of sp³-hybridized carbons (Fsp3) is 0.385. The molecule has 0 amide bonds. The third-order valence-corrected chi connectivity index (χ3v) is 4.15. The summed E-state index contributed by atoms with van der Waals surface area (Å²) in [6.45, 7) is 0.808. The van der Waals surface area contributed by atoms with Crippen molar-refractivity contribution < 1.29 is 4.74 Å². The van der Waals surface area contributed by atoms with E-state index in [2.05, 4.69) is 11.5 Å². The first-order chi connectivity index (χ1) is 8.79. The first-order valence-electron chi connectivity index (χ1n) is 5.94. The van der Waals surface area contributed by atoms with E-state index in [9.17, 15) is 0 Å². The van der Waals surface area contributed by atoms with Gasteiger partial charge in [0.1, 0.15) is 0 Å². The predicted molar refractivity (Wildman–Crippen MR) is 76.6 cm³/mol. The summed E-state index contributed by atoms with van der Waals surface area (Å²) in [4.78, 5) is 1.15. The minimum Gasteiger partial charge on any atom is -0.501 e. The molecular weight excluding hydrogens is 268 g/mol. The highest BCUT2D eigenvalue weighted by molar-refractivity contribution is 7.99. The van der Waals surface area contributed by atoms with Crippen LogP contribution < -0.4 is 11.3 Å². The Hall–Kier alpha value is -0.680. The molecule has 1 heterocycles. The lowest BCUT2D eigenvalue weighted by atomic mass is 10.0. The average molecular weight is 285 g/mol. The molecule has 0 radical (unpaired) electrons. The molecule has 0 fully saturated rings. The maximum atomic E-state index is 5.96. The number of hydrogen-bond acceptors (Lipinski definition) is 4. The molecule has 3 N–H and O–H groups in total. The maximum absolute atomic E-state index is 5.96. The van der Waals surface area contributed by atoms with Gasteiger partial charge in [0, 0.05) is 15.7 Å². The molecule has 3 nitrogen and oxygen atoms in total. The Morgan fingerprint density at radius 2 is 2.39 bits per heavy atom. The van der Waals surface area contributed by atoms with Crippen molar-refractivity contribution in [1.82, 2.24) is 5.43 Å². The van der Waals surface area contributed by atoms with Gasteiger partial charge >= 0.3 is 0 Å². The summed E-state index contributed by atoms with van der Waals surface area (Å²) in [5, 5.41) is 0.762. The van der Waals surface area contributed by atoms with Crippen molar-refractivity contribution in [1.29, 1.82) is 0 Å². The Labute approximate surface area is 117 Å². The fourth-order valence-corrected chi connectivity index (χ4v) is 3.15. The van der Waals surface area contributed by atoms with Gasteiger partial charge in [0.05, 0.1) is 18.9 Å². The quantitative estimate of drug-likeness (QED) is 0.496. The summed E-state index contributed by atoms with van der Waals surface area (Å²) < 4.78 is 5.35. The number of hydrazine groups is 1. The van der Waals surface area contributed by atoms with Crippen LogP contribution in [0.4, 0.5) is 0 Å². The zero-order chi connectivity index (χ0) is 12.8. The van der Waals surface area contributed by atoms with Crippen molar-refractivity contribution in [3.63, 3.8) is 0 Å². The van der Waals surface area contributed by atoms with Crippen molar-refractivity contribution in [3.8, 4) is 0 Å². The largest absolute Gasteiger partial charge is 0.501 e. The Morgan fingerprint density at radius 3 is 3.06 bits per heavy atom. The van der Waals surface area contributed by atoms with Gasteiger partial charge in [-0.2, -0.15) is 0 Å². The lowest BCUT2D eigenvalue weighted by Crippen LogP contribution is -2.39. The molecule has 1 aromatic rings. The Bertz CT molecular complexity index is 425. The number of rotatable bonds is 5. The van der Waals surface area contributed by atoms with Gasteiger partial charge in [0.2, 0.25) is 0 Å². The monoisotopic (exact) mass is 284 g/mol. The maximum Gasteiger partial charge on any atom is 0.0876 e. The molecule has 0 saturated carbocycles. The van der Waals surface area contributed by atoms with Crippen LogP contribution in [0, 0.1) is 0 Å². The van der Waals surface area contributed by atoms with Crippen LogP contribution in [0.15, 0.2) is 41.0 Å². The van der Waals surface area contributed by atoms with Crippen LogP contribution in [0.25, 0.3) is 0 Å². The number of nitrogens with two attached hydrogens (primary N) is 1. The van der Waals surface area contributed by atoms with Crippen LogP contribution >= 0.6 is 23.4 Å². The second kappa shape index (κ2) is 7.04. The van der Waals surface area contributed by atoms with Crippen LogP contribution in [0.1, 0.15) is 12.8 Å². The standard InChI is InChI=1S/C13H17ClN2OS/c14-11-4-1-5-12(7-11)18-9-13(16-15)10-3-2-6-17-8-10/h1,4-5,7-8,13,16H,2-3,6,9,15H2. The summed E-state index contributed by atoms with van der Waals surface area (Å²) in [5.41, 5.74) is 4.09. The average Bonchev–Trinajstić information content (AvgIpc) is 2.41. The zero-order valence-electron chi connectivity index (χ0n) is 10.1. The number of ether oxygens (including phenoxy) is 1. The molecule has 0 bridgehead atoms. The molecule has 1 aromatic carbocycles. The Kier molecular flexibility index (Phi) is 5.38. The van der Waals surface area contributed by atoms with Gasteiger partial charge in [-0.25, -0.2) is 0 Å². The van der Waals surface area contributed by atoms with E-state index < -0.39 is 0 Å². The zero-order valence-corrected chi connectivity index (χ0v) is 11.6. The highest BCUT2D eigenvalue weighted by Crippen LogP contribution is 2.25. The lowest BCUT2D eigenvalue weighted by molar-refractivity contribution is 0.220. The molecule has 1 unspecified atom stereocenters. The van der Waals surface area contributed by atoms with E-state index in [-0.39, 0.29) is 6.04 Å². The number of halogens is 1. The van der Waals surface area contributed by atoms with Crippen LogP contribution in [-0.4, -0.2) is 18.4 Å². The predicted octanol–water partition coefficient (Wildman–Crippen LogP) is 2.96. The smallest absolute Gasteiger partial charge is 0.0876 e. The molecule has 0 aliphatic carbocycles. The lowest BCUT2D eigenvalue weighted by Gasteiger charge is -2.22. The van der Waals surface area contributed by atoms with E-state index in [1.807, 2.05) is 24.5 Å². The third kappa shape index (κ3) is 3.92. The molecule has 5 heteroatoms. The molecule has 18 heavy (non-hydrogen) atoms. The van der Waals surface area contributed by atoms with Crippen molar-refractivity contribution >= 4 is 23.4 Å². The molecule has 1 aliphatic heterocycles.